The van der Waals surface area contributed by atoms with E-state index in [0.717, 1.165) is 6.42 Å². The molecule has 0 bridgehead atoms. The van der Waals surface area contributed by atoms with E-state index in [9.17, 15) is 0 Å². The van der Waals surface area contributed by atoms with Gasteiger partial charge in [0.1, 0.15) is 0 Å². The average Bonchev–Trinajstić information content (AvgIpc) is 2.31. The van der Waals surface area contributed by atoms with E-state index in [0.29, 0.717) is 6.04 Å². The highest BCUT2D eigenvalue weighted by molar-refractivity contribution is 5.86. The zero-order valence-corrected chi connectivity index (χ0v) is 9.33. The summed E-state index contributed by atoms with van der Waals surface area (Å²) >= 11 is 0. The van der Waals surface area contributed by atoms with Crippen LogP contribution in [0.3, 0.4) is 0 Å². The maximum absolute atomic E-state index is 3.36. The molecule has 1 N–H and O–H groups in total. The molecule has 1 heteroatoms. The smallest absolute Gasteiger partial charge is 0.0321 e. The van der Waals surface area contributed by atoms with Gasteiger partial charge in [0.15, 0.2) is 0 Å². The fourth-order valence-corrected chi connectivity index (χ4v) is 2.13. The first-order chi connectivity index (χ1) is 7.36. The Hall–Kier alpha value is -1.34. The van der Waals surface area contributed by atoms with Crippen LogP contribution in [0.2, 0.25) is 0 Å². The molecular weight excluding hydrogens is 182 g/mol. The summed E-state index contributed by atoms with van der Waals surface area (Å²) in [6, 6.07) is 15.5. The largest absolute Gasteiger partial charge is 0.313 e. The lowest BCUT2D eigenvalue weighted by atomic mass is 9.97. The molecule has 1 nitrogen and oxygen atoms in total. The lowest BCUT2D eigenvalue weighted by molar-refractivity contribution is 0.581. The third kappa shape index (κ3) is 1.88. The van der Waals surface area contributed by atoms with Gasteiger partial charge in [-0.1, -0.05) is 49.4 Å². The van der Waals surface area contributed by atoms with E-state index in [1.807, 2.05) is 7.05 Å². The van der Waals surface area contributed by atoms with E-state index in [4.69, 9.17) is 0 Å². The summed E-state index contributed by atoms with van der Waals surface area (Å²) in [5.41, 5.74) is 1.40. The van der Waals surface area contributed by atoms with Crippen LogP contribution in [0.5, 0.6) is 0 Å². The first-order valence-corrected chi connectivity index (χ1v) is 5.51. The number of nitrogens with one attached hydrogen (secondary N) is 1. The van der Waals surface area contributed by atoms with Gasteiger partial charge in [0.2, 0.25) is 0 Å². The molecule has 15 heavy (non-hydrogen) atoms. The zero-order chi connectivity index (χ0) is 10.7. The van der Waals surface area contributed by atoms with Crippen LogP contribution < -0.4 is 5.32 Å². The Bertz CT molecular complexity index is 439. The van der Waals surface area contributed by atoms with Gasteiger partial charge in [-0.25, -0.2) is 0 Å². The number of benzene rings is 2. The fourth-order valence-electron chi connectivity index (χ4n) is 2.13. The van der Waals surface area contributed by atoms with Crippen molar-refractivity contribution in [2.45, 2.75) is 19.4 Å². The summed E-state index contributed by atoms with van der Waals surface area (Å²) in [6.45, 7) is 2.21. The lowest BCUT2D eigenvalue weighted by Crippen LogP contribution is -2.15. The highest BCUT2D eigenvalue weighted by Crippen LogP contribution is 2.25. The van der Waals surface area contributed by atoms with Crippen LogP contribution in [0, 0.1) is 0 Å². The van der Waals surface area contributed by atoms with Crippen LogP contribution >= 0.6 is 0 Å². The minimum absolute atomic E-state index is 0.455. The molecule has 0 aliphatic heterocycles. The second-order valence-electron chi connectivity index (χ2n) is 3.82. The van der Waals surface area contributed by atoms with Gasteiger partial charge in [-0.15, -0.1) is 0 Å². The summed E-state index contributed by atoms with van der Waals surface area (Å²) in [6.07, 6.45) is 1.12. The molecule has 0 aliphatic rings. The highest BCUT2D eigenvalue weighted by atomic mass is 14.9. The Kier molecular flexibility index (Phi) is 3.02. The molecule has 0 saturated heterocycles. The molecule has 0 spiro atoms. The van der Waals surface area contributed by atoms with Crippen LogP contribution in [0.1, 0.15) is 24.9 Å². The molecule has 0 heterocycles. The second kappa shape index (κ2) is 4.45. The molecule has 78 valence electrons. The van der Waals surface area contributed by atoms with E-state index >= 15 is 0 Å². The maximum atomic E-state index is 3.36. The van der Waals surface area contributed by atoms with Gasteiger partial charge in [-0.3, -0.25) is 0 Å². The molecule has 0 saturated carbocycles. The summed E-state index contributed by atoms with van der Waals surface area (Å²) in [5, 5.41) is 6.05. The fraction of sp³-hybridized carbons (Fsp3) is 0.286. The van der Waals surface area contributed by atoms with Crippen LogP contribution in [0.15, 0.2) is 42.5 Å². The van der Waals surface area contributed by atoms with E-state index in [-0.39, 0.29) is 0 Å². The summed E-state index contributed by atoms with van der Waals surface area (Å²) in [7, 11) is 2.02. The predicted molar refractivity (Wildman–Crippen MR) is 66.0 cm³/mol. The minimum Gasteiger partial charge on any atom is -0.313 e. The molecule has 0 radical (unpaired) electrons. The van der Waals surface area contributed by atoms with Crippen molar-refractivity contribution in [3.63, 3.8) is 0 Å². The topological polar surface area (TPSA) is 12.0 Å². The molecule has 2 aromatic rings. The summed E-state index contributed by atoms with van der Waals surface area (Å²) in [5.74, 6) is 0. The molecule has 2 rings (SSSR count). The van der Waals surface area contributed by atoms with Crippen molar-refractivity contribution in [2.75, 3.05) is 7.05 Å². The number of hydrogen-bond acceptors (Lipinski definition) is 1. The zero-order valence-electron chi connectivity index (χ0n) is 9.33. The van der Waals surface area contributed by atoms with Crippen molar-refractivity contribution in [1.29, 1.82) is 0 Å². The van der Waals surface area contributed by atoms with E-state index < -0.39 is 0 Å². The van der Waals surface area contributed by atoms with E-state index in [2.05, 4.69) is 54.7 Å². The van der Waals surface area contributed by atoms with Crippen LogP contribution in [-0.4, -0.2) is 7.05 Å². The van der Waals surface area contributed by atoms with Crippen molar-refractivity contribution < 1.29 is 0 Å². The maximum Gasteiger partial charge on any atom is 0.0321 e. The van der Waals surface area contributed by atoms with Gasteiger partial charge < -0.3 is 5.32 Å². The molecule has 0 fully saturated rings. The Morgan fingerprint density at radius 3 is 2.53 bits per heavy atom. The Labute approximate surface area is 91.1 Å². The van der Waals surface area contributed by atoms with E-state index in [1.165, 1.54) is 16.3 Å². The Morgan fingerprint density at radius 1 is 1.07 bits per heavy atom. The third-order valence-corrected chi connectivity index (χ3v) is 2.96. The van der Waals surface area contributed by atoms with Gasteiger partial charge in [-0.2, -0.15) is 0 Å². The average molecular weight is 199 g/mol. The molecule has 0 aromatic heterocycles. The summed E-state index contributed by atoms with van der Waals surface area (Å²) < 4.78 is 0. The Morgan fingerprint density at radius 2 is 1.80 bits per heavy atom. The monoisotopic (exact) mass is 199 g/mol. The third-order valence-electron chi connectivity index (χ3n) is 2.96. The first-order valence-electron chi connectivity index (χ1n) is 5.51. The predicted octanol–water partition coefficient (Wildman–Crippen LogP) is 3.51. The first kappa shape index (κ1) is 10.2. The van der Waals surface area contributed by atoms with Crippen molar-refractivity contribution >= 4 is 10.8 Å². The molecular formula is C14H17N. The van der Waals surface area contributed by atoms with Gasteiger partial charge in [-0.05, 0) is 29.8 Å². The normalized spacial score (nSPS) is 12.9. The van der Waals surface area contributed by atoms with Crippen LogP contribution in [-0.2, 0) is 0 Å². The van der Waals surface area contributed by atoms with E-state index in [1.54, 1.807) is 0 Å². The van der Waals surface area contributed by atoms with Gasteiger partial charge in [0.05, 0.1) is 0 Å². The van der Waals surface area contributed by atoms with Gasteiger partial charge in [0.25, 0.3) is 0 Å². The summed E-state index contributed by atoms with van der Waals surface area (Å²) in [4.78, 5) is 0. The molecule has 1 atom stereocenters. The minimum atomic E-state index is 0.455. The number of hydrogen-bond donors (Lipinski definition) is 1. The SMILES string of the molecule is CCC(NC)c1cccc2ccccc12. The molecule has 0 amide bonds. The second-order valence-corrected chi connectivity index (χ2v) is 3.82. The standard InChI is InChI=1S/C14H17N/c1-3-14(15-2)13-10-6-8-11-7-4-5-9-12(11)13/h4-10,14-15H,3H2,1-2H3. The molecule has 0 aliphatic carbocycles. The lowest BCUT2D eigenvalue weighted by Gasteiger charge is -2.16. The Balaban J connectivity index is 2.59. The van der Waals surface area contributed by atoms with Crippen molar-refractivity contribution in [1.82, 2.24) is 5.32 Å². The van der Waals surface area contributed by atoms with Gasteiger partial charge in [0, 0.05) is 6.04 Å². The highest BCUT2D eigenvalue weighted by Gasteiger charge is 2.08. The number of fused-ring (bicyclic) bond motifs is 1. The van der Waals surface area contributed by atoms with Gasteiger partial charge >= 0.3 is 0 Å². The molecule has 1 unspecified atom stereocenters. The van der Waals surface area contributed by atoms with Crippen LogP contribution in [0.4, 0.5) is 0 Å². The molecule has 2 aromatic carbocycles. The number of rotatable bonds is 3. The van der Waals surface area contributed by atoms with Crippen molar-refractivity contribution in [2.24, 2.45) is 0 Å². The quantitative estimate of drug-likeness (QED) is 0.797. The van der Waals surface area contributed by atoms with Crippen molar-refractivity contribution in [3.05, 3.63) is 48.0 Å². The van der Waals surface area contributed by atoms with Crippen LogP contribution in [0.25, 0.3) is 10.8 Å². The van der Waals surface area contributed by atoms with Crippen molar-refractivity contribution in [3.8, 4) is 0 Å².